The Labute approximate surface area is 149 Å². The summed E-state index contributed by atoms with van der Waals surface area (Å²) in [5.41, 5.74) is 0.342. The van der Waals surface area contributed by atoms with Gasteiger partial charge in [0.1, 0.15) is 17.8 Å². The highest BCUT2D eigenvalue weighted by molar-refractivity contribution is 7.91. The van der Waals surface area contributed by atoms with Crippen LogP contribution in [0.25, 0.3) is 0 Å². The Morgan fingerprint density at radius 3 is 2.60 bits per heavy atom. The van der Waals surface area contributed by atoms with Gasteiger partial charge in [0.15, 0.2) is 9.84 Å². The van der Waals surface area contributed by atoms with E-state index in [0.29, 0.717) is 18.7 Å². The zero-order valence-electron chi connectivity index (χ0n) is 14.9. The lowest BCUT2D eigenvalue weighted by molar-refractivity contribution is 0.0702. The first-order valence-electron chi connectivity index (χ1n) is 8.98. The maximum atomic E-state index is 12.9. The highest BCUT2D eigenvalue weighted by Crippen LogP contribution is 2.23. The van der Waals surface area contributed by atoms with Gasteiger partial charge < -0.3 is 9.80 Å². The molecule has 2 saturated heterocycles. The second-order valence-electron chi connectivity index (χ2n) is 7.08. The molecule has 1 aromatic rings. The molecule has 2 aliphatic heterocycles. The van der Waals surface area contributed by atoms with Crippen LogP contribution in [0.4, 0.5) is 5.82 Å². The monoisotopic (exact) mass is 366 g/mol. The summed E-state index contributed by atoms with van der Waals surface area (Å²) >= 11 is 0. The Morgan fingerprint density at radius 1 is 1.28 bits per heavy atom. The fraction of sp³-hybridized carbons (Fsp3) is 0.706. The summed E-state index contributed by atoms with van der Waals surface area (Å²) in [6.07, 6.45) is 4.17. The molecule has 3 heterocycles. The second-order valence-corrected chi connectivity index (χ2v) is 9.31. The minimum Gasteiger partial charge on any atom is -0.356 e. The number of carbonyl (C=O) groups excluding carboxylic acids is 1. The molecule has 0 radical (unpaired) electrons. The molecule has 0 aliphatic carbocycles. The average molecular weight is 366 g/mol. The van der Waals surface area contributed by atoms with Crippen LogP contribution in [0.1, 0.15) is 43.6 Å². The maximum absolute atomic E-state index is 12.9. The van der Waals surface area contributed by atoms with Gasteiger partial charge in [0.25, 0.3) is 5.91 Å². The Kier molecular flexibility index (Phi) is 5.27. The molecule has 2 fully saturated rings. The Bertz CT molecular complexity index is 729. The largest absolute Gasteiger partial charge is 0.356 e. The van der Waals surface area contributed by atoms with Gasteiger partial charge in [-0.1, -0.05) is 6.92 Å². The molecule has 0 saturated carbocycles. The van der Waals surface area contributed by atoms with Crippen molar-refractivity contribution in [2.24, 2.45) is 5.92 Å². The molecule has 1 amide bonds. The smallest absolute Gasteiger partial charge is 0.272 e. The molecule has 25 heavy (non-hydrogen) atoms. The number of piperidine rings is 1. The van der Waals surface area contributed by atoms with Crippen LogP contribution in [0.2, 0.25) is 0 Å². The van der Waals surface area contributed by atoms with E-state index >= 15 is 0 Å². The molecule has 1 aromatic heterocycles. The predicted octanol–water partition coefficient (Wildman–Crippen LogP) is 1.36. The Hall–Kier alpha value is -1.70. The Balaban J connectivity index is 1.76. The number of sulfone groups is 1. The van der Waals surface area contributed by atoms with E-state index in [2.05, 4.69) is 21.8 Å². The summed E-state index contributed by atoms with van der Waals surface area (Å²) < 4.78 is 23.5. The van der Waals surface area contributed by atoms with E-state index in [9.17, 15) is 13.2 Å². The van der Waals surface area contributed by atoms with E-state index in [1.165, 1.54) is 6.33 Å². The fourth-order valence-corrected chi connectivity index (χ4v) is 5.34. The van der Waals surface area contributed by atoms with Crippen molar-refractivity contribution in [3.8, 4) is 0 Å². The topological polar surface area (TPSA) is 83.5 Å². The minimum atomic E-state index is -3.03. The molecule has 0 N–H and O–H groups in total. The van der Waals surface area contributed by atoms with Crippen LogP contribution in [0.3, 0.4) is 0 Å². The molecule has 7 nitrogen and oxygen atoms in total. The number of nitrogens with zero attached hydrogens (tertiary/aromatic N) is 4. The lowest BCUT2D eigenvalue weighted by Gasteiger charge is -2.31. The fourth-order valence-electron chi connectivity index (χ4n) is 3.61. The van der Waals surface area contributed by atoms with Gasteiger partial charge in [0.05, 0.1) is 11.5 Å². The van der Waals surface area contributed by atoms with E-state index in [0.717, 1.165) is 37.7 Å². The zero-order chi connectivity index (χ0) is 18.0. The van der Waals surface area contributed by atoms with Crippen LogP contribution in [0.5, 0.6) is 0 Å². The van der Waals surface area contributed by atoms with E-state index in [-0.39, 0.29) is 23.5 Å². The molecule has 0 bridgehead atoms. The summed E-state index contributed by atoms with van der Waals surface area (Å²) in [5, 5.41) is 0. The SMILES string of the molecule is CCN(C(=O)c1cc(N2CCC(C)CC2)ncn1)C1CCS(=O)(=O)C1. The van der Waals surface area contributed by atoms with Crippen molar-refractivity contribution >= 4 is 21.6 Å². The van der Waals surface area contributed by atoms with Crippen molar-refractivity contribution in [1.29, 1.82) is 0 Å². The summed E-state index contributed by atoms with van der Waals surface area (Å²) in [6.45, 7) is 6.46. The molecular weight excluding hydrogens is 340 g/mol. The van der Waals surface area contributed by atoms with Crippen molar-refractivity contribution in [3.63, 3.8) is 0 Å². The van der Waals surface area contributed by atoms with Gasteiger partial charge in [-0.15, -0.1) is 0 Å². The number of rotatable bonds is 4. The van der Waals surface area contributed by atoms with Crippen molar-refractivity contribution in [3.05, 3.63) is 18.1 Å². The lowest BCUT2D eigenvalue weighted by atomic mass is 9.99. The van der Waals surface area contributed by atoms with Gasteiger partial charge in [0, 0.05) is 31.7 Å². The highest BCUT2D eigenvalue weighted by atomic mass is 32.2. The number of hydrogen-bond donors (Lipinski definition) is 0. The van der Waals surface area contributed by atoms with Crippen molar-refractivity contribution in [2.45, 2.75) is 39.2 Å². The molecule has 0 spiro atoms. The van der Waals surface area contributed by atoms with Gasteiger partial charge >= 0.3 is 0 Å². The third kappa shape index (κ3) is 4.11. The quantitative estimate of drug-likeness (QED) is 0.800. The van der Waals surface area contributed by atoms with E-state index in [1.54, 1.807) is 11.0 Å². The van der Waals surface area contributed by atoms with Gasteiger partial charge in [-0.25, -0.2) is 18.4 Å². The maximum Gasteiger partial charge on any atom is 0.272 e. The number of aromatic nitrogens is 2. The van der Waals surface area contributed by atoms with E-state index in [1.807, 2.05) is 6.92 Å². The summed E-state index contributed by atoms with van der Waals surface area (Å²) in [6, 6.07) is 1.49. The van der Waals surface area contributed by atoms with Gasteiger partial charge in [0.2, 0.25) is 0 Å². The number of amides is 1. The molecule has 8 heteroatoms. The van der Waals surface area contributed by atoms with Crippen molar-refractivity contribution < 1.29 is 13.2 Å². The molecule has 0 aromatic carbocycles. The second kappa shape index (κ2) is 7.27. The summed E-state index contributed by atoms with van der Waals surface area (Å²) in [4.78, 5) is 25.2. The first-order chi connectivity index (χ1) is 11.9. The number of carbonyl (C=O) groups is 1. The third-order valence-electron chi connectivity index (χ3n) is 5.23. The average Bonchev–Trinajstić information content (AvgIpc) is 2.96. The first kappa shape index (κ1) is 18.1. The summed E-state index contributed by atoms with van der Waals surface area (Å²) in [5.74, 6) is 1.50. The van der Waals surface area contributed by atoms with Gasteiger partial charge in [-0.05, 0) is 32.1 Å². The van der Waals surface area contributed by atoms with Crippen LogP contribution in [-0.4, -0.2) is 66.4 Å². The highest BCUT2D eigenvalue weighted by Gasteiger charge is 2.34. The minimum absolute atomic E-state index is 0.0501. The molecule has 1 unspecified atom stereocenters. The van der Waals surface area contributed by atoms with Crippen LogP contribution < -0.4 is 4.90 Å². The summed E-state index contributed by atoms with van der Waals surface area (Å²) in [7, 11) is -3.03. The normalized spacial score (nSPS) is 23.6. The van der Waals surface area contributed by atoms with Gasteiger partial charge in [-0.2, -0.15) is 0 Å². The third-order valence-corrected chi connectivity index (χ3v) is 6.98. The standard InChI is InChI=1S/C17H26N4O3S/c1-3-21(14-6-9-25(23,24)11-14)17(22)15-10-16(19-12-18-15)20-7-4-13(2)5-8-20/h10,12-14H,3-9,11H2,1-2H3. The van der Waals surface area contributed by atoms with Crippen LogP contribution in [0, 0.1) is 5.92 Å². The van der Waals surface area contributed by atoms with E-state index in [4.69, 9.17) is 0 Å². The van der Waals surface area contributed by atoms with Crippen molar-refractivity contribution in [1.82, 2.24) is 14.9 Å². The molecular formula is C17H26N4O3S. The zero-order valence-corrected chi connectivity index (χ0v) is 15.7. The number of hydrogen-bond acceptors (Lipinski definition) is 6. The van der Waals surface area contributed by atoms with E-state index < -0.39 is 9.84 Å². The van der Waals surface area contributed by atoms with Crippen LogP contribution >= 0.6 is 0 Å². The predicted molar refractivity (Wildman–Crippen MR) is 96.4 cm³/mol. The molecule has 2 aliphatic rings. The number of anilines is 1. The Morgan fingerprint density at radius 2 is 2.00 bits per heavy atom. The molecule has 3 rings (SSSR count). The van der Waals surface area contributed by atoms with Crippen molar-refractivity contribution in [2.75, 3.05) is 36.0 Å². The first-order valence-corrected chi connectivity index (χ1v) is 10.8. The van der Waals surface area contributed by atoms with Gasteiger partial charge in [-0.3, -0.25) is 4.79 Å². The van der Waals surface area contributed by atoms with Crippen LogP contribution in [-0.2, 0) is 9.84 Å². The van der Waals surface area contributed by atoms with Crippen LogP contribution in [0.15, 0.2) is 12.4 Å². The molecule has 138 valence electrons. The lowest BCUT2D eigenvalue weighted by Crippen LogP contribution is -2.41. The molecule has 1 atom stereocenters.